The molecule has 0 aromatic heterocycles. The van der Waals surface area contributed by atoms with E-state index in [0.29, 0.717) is 5.92 Å². The van der Waals surface area contributed by atoms with Crippen LogP contribution in [0.4, 0.5) is 0 Å². The highest BCUT2D eigenvalue weighted by Crippen LogP contribution is 2.40. The Labute approximate surface area is 132 Å². The van der Waals surface area contributed by atoms with Crippen molar-refractivity contribution < 1.29 is 0 Å². The van der Waals surface area contributed by atoms with Crippen molar-refractivity contribution in [1.82, 2.24) is 0 Å². The van der Waals surface area contributed by atoms with Gasteiger partial charge in [0.25, 0.3) is 0 Å². The molecule has 1 aliphatic rings. The predicted molar refractivity (Wildman–Crippen MR) is 89.5 cm³/mol. The van der Waals surface area contributed by atoms with Crippen LogP contribution in [0.15, 0.2) is 22.7 Å². The fraction of sp³-hybridized carbons (Fsp3) is 0.600. The maximum atomic E-state index is 6.53. The molecule has 1 aromatic rings. The molecule has 3 heteroatoms. The number of hydrogen-bond acceptors (Lipinski definition) is 1. The van der Waals surface area contributed by atoms with Crippen molar-refractivity contribution in [1.29, 1.82) is 0 Å². The van der Waals surface area contributed by atoms with Crippen molar-refractivity contribution >= 4 is 38.5 Å². The van der Waals surface area contributed by atoms with Gasteiger partial charge in [-0.15, -0.1) is 0 Å². The first-order valence-corrected chi connectivity index (χ1v) is 8.55. The van der Waals surface area contributed by atoms with E-state index in [-0.39, 0.29) is 6.04 Å². The molecule has 2 N–H and O–H groups in total. The molecule has 18 heavy (non-hydrogen) atoms. The minimum atomic E-state index is 0.166. The van der Waals surface area contributed by atoms with Gasteiger partial charge in [0.15, 0.2) is 0 Å². The van der Waals surface area contributed by atoms with Crippen LogP contribution in [0.5, 0.6) is 0 Å². The Bertz CT molecular complexity index is 411. The summed E-state index contributed by atoms with van der Waals surface area (Å²) in [6, 6.07) is 6.62. The highest BCUT2D eigenvalue weighted by atomic mass is 127. The first-order valence-electron chi connectivity index (χ1n) is 6.68. The van der Waals surface area contributed by atoms with Gasteiger partial charge in [0.1, 0.15) is 0 Å². The van der Waals surface area contributed by atoms with Gasteiger partial charge in [-0.1, -0.05) is 29.8 Å². The van der Waals surface area contributed by atoms with Crippen LogP contribution in [0.3, 0.4) is 0 Å². The zero-order valence-corrected chi connectivity index (χ0v) is 14.7. The van der Waals surface area contributed by atoms with Crippen LogP contribution in [0.25, 0.3) is 0 Å². The minimum Gasteiger partial charge on any atom is -0.324 e. The molecule has 1 aliphatic carbocycles. The Hall–Kier alpha value is 0.390. The van der Waals surface area contributed by atoms with Gasteiger partial charge in [0.05, 0.1) is 0 Å². The standard InChI is InChI=1S/C15H21BrIN/c1-9-5-10(2)7-11(6-9)15(18)13-8-12(17)3-4-14(13)16/h3-4,8-11,15H,5-7,18H2,1-2H3. The number of rotatable bonds is 2. The van der Waals surface area contributed by atoms with Crippen molar-refractivity contribution in [2.75, 3.05) is 0 Å². The molecule has 0 aliphatic heterocycles. The van der Waals surface area contributed by atoms with E-state index < -0.39 is 0 Å². The minimum absolute atomic E-state index is 0.166. The average Bonchev–Trinajstić information content (AvgIpc) is 2.30. The van der Waals surface area contributed by atoms with Crippen molar-refractivity contribution in [3.8, 4) is 0 Å². The Morgan fingerprint density at radius 3 is 2.44 bits per heavy atom. The Morgan fingerprint density at radius 2 is 1.83 bits per heavy atom. The molecule has 0 bridgehead atoms. The van der Waals surface area contributed by atoms with E-state index >= 15 is 0 Å². The molecule has 0 saturated heterocycles. The highest BCUT2D eigenvalue weighted by molar-refractivity contribution is 14.1. The van der Waals surface area contributed by atoms with E-state index in [4.69, 9.17) is 5.73 Å². The molecule has 1 aromatic carbocycles. The molecule has 1 nitrogen and oxygen atoms in total. The van der Waals surface area contributed by atoms with E-state index in [1.807, 2.05) is 0 Å². The van der Waals surface area contributed by atoms with Crippen LogP contribution in [0.1, 0.15) is 44.7 Å². The summed E-state index contributed by atoms with van der Waals surface area (Å²) >= 11 is 6.00. The third kappa shape index (κ3) is 3.48. The molecule has 0 heterocycles. The largest absolute Gasteiger partial charge is 0.324 e. The van der Waals surface area contributed by atoms with Gasteiger partial charge in [-0.3, -0.25) is 0 Å². The number of halogens is 2. The third-order valence-electron chi connectivity index (χ3n) is 4.04. The molecule has 1 fully saturated rings. The molecular weight excluding hydrogens is 401 g/mol. The van der Waals surface area contributed by atoms with E-state index in [2.05, 4.69) is 70.6 Å². The lowest BCUT2D eigenvalue weighted by Crippen LogP contribution is -2.29. The summed E-state index contributed by atoms with van der Waals surface area (Å²) in [5.41, 5.74) is 7.80. The van der Waals surface area contributed by atoms with Gasteiger partial charge in [0, 0.05) is 14.1 Å². The summed E-state index contributed by atoms with van der Waals surface area (Å²) < 4.78 is 2.42. The van der Waals surface area contributed by atoms with Crippen molar-refractivity contribution in [3.05, 3.63) is 31.8 Å². The van der Waals surface area contributed by atoms with Gasteiger partial charge < -0.3 is 5.73 Å². The predicted octanol–water partition coefficient (Wildman–Crippen LogP) is 5.13. The summed E-state index contributed by atoms with van der Waals surface area (Å²) in [5.74, 6) is 2.25. The highest BCUT2D eigenvalue weighted by Gasteiger charge is 2.29. The zero-order chi connectivity index (χ0) is 13.3. The summed E-state index contributed by atoms with van der Waals surface area (Å²) in [6.45, 7) is 4.72. The van der Waals surface area contributed by atoms with Crippen molar-refractivity contribution in [3.63, 3.8) is 0 Å². The average molecular weight is 422 g/mol. The number of nitrogens with two attached hydrogens (primary N) is 1. The number of hydrogen-bond donors (Lipinski definition) is 1. The van der Waals surface area contributed by atoms with Crippen LogP contribution in [0, 0.1) is 21.3 Å². The molecule has 0 amide bonds. The van der Waals surface area contributed by atoms with Crippen molar-refractivity contribution in [2.45, 2.75) is 39.2 Å². The van der Waals surface area contributed by atoms with E-state index in [1.54, 1.807) is 0 Å². The topological polar surface area (TPSA) is 26.0 Å². The summed E-state index contributed by atoms with van der Waals surface area (Å²) in [6.07, 6.45) is 3.89. The van der Waals surface area contributed by atoms with E-state index in [0.717, 1.165) is 16.3 Å². The molecule has 3 atom stereocenters. The molecule has 0 spiro atoms. The summed E-state index contributed by atoms with van der Waals surface area (Å²) in [4.78, 5) is 0. The second-order valence-corrected chi connectivity index (χ2v) is 7.97. The van der Waals surface area contributed by atoms with Gasteiger partial charge in [-0.25, -0.2) is 0 Å². The van der Waals surface area contributed by atoms with Crippen LogP contribution in [-0.2, 0) is 0 Å². The molecule has 2 rings (SSSR count). The smallest absolute Gasteiger partial charge is 0.0335 e. The van der Waals surface area contributed by atoms with Gasteiger partial charge >= 0.3 is 0 Å². The first kappa shape index (κ1) is 14.8. The fourth-order valence-corrected chi connectivity index (χ4v) is 4.35. The lowest BCUT2D eigenvalue weighted by Gasteiger charge is -2.35. The molecule has 3 unspecified atom stereocenters. The third-order valence-corrected chi connectivity index (χ3v) is 5.43. The first-order chi connectivity index (χ1) is 8.47. The second-order valence-electron chi connectivity index (χ2n) is 5.87. The van der Waals surface area contributed by atoms with Crippen LogP contribution >= 0.6 is 38.5 Å². The van der Waals surface area contributed by atoms with Gasteiger partial charge in [-0.2, -0.15) is 0 Å². The maximum Gasteiger partial charge on any atom is 0.0335 e. The lowest BCUT2D eigenvalue weighted by atomic mass is 9.73. The van der Waals surface area contributed by atoms with Crippen LogP contribution < -0.4 is 5.73 Å². The van der Waals surface area contributed by atoms with E-state index in [1.165, 1.54) is 28.4 Å². The van der Waals surface area contributed by atoms with Crippen LogP contribution in [-0.4, -0.2) is 0 Å². The van der Waals surface area contributed by atoms with Crippen LogP contribution in [0.2, 0.25) is 0 Å². The zero-order valence-electron chi connectivity index (χ0n) is 11.0. The SMILES string of the molecule is CC1CC(C)CC(C(N)c2cc(I)ccc2Br)C1. The Kier molecular flexibility index (Phi) is 5.12. The second kappa shape index (κ2) is 6.23. The Morgan fingerprint density at radius 1 is 1.22 bits per heavy atom. The fourth-order valence-electron chi connectivity index (χ4n) is 3.33. The summed E-state index contributed by atoms with van der Waals surface area (Å²) in [7, 11) is 0. The van der Waals surface area contributed by atoms with Gasteiger partial charge in [-0.05, 0) is 83.4 Å². The molecule has 1 saturated carbocycles. The van der Waals surface area contributed by atoms with Gasteiger partial charge in [0.2, 0.25) is 0 Å². The quantitative estimate of drug-likeness (QED) is 0.658. The summed E-state index contributed by atoms with van der Waals surface area (Å²) in [5, 5.41) is 0. The maximum absolute atomic E-state index is 6.53. The number of benzene rings is 1. The monoisotopic (exact) mass is 421 g/mol. The van der Waals surface area contributed by atoms with E-state index in [9.17, 15) is 0 Å². The normalized spacial score (nSPS) is 30.2. The molecule has 100 valence electrons. The van der Waals surface area contributed by atoms with Crippen molar-refractivity contribution in [2.24, 2.45) is 23.5 Å². The molecule has 0 radical (unpaired) electrons. The molecular formula is C15H21BrIN. The Balaban J connectivity index is 2.19. The lowest BCUT2D eigenvalue weighted by molar-refractivity contribution is 0.193.